The van der Waals surface area contributed by atoms with Gasteiger partial charge in [0, 0.05) is 5.56 Å². The van der Waals surface area contributed by atoms with E-state index in [4.69, 9.17) is 14.2 Å². The van der Waals surface area contributed by atoms with Crippen molar-refractivity contribution in [3.63, 3.8) is 0 Å². The van der Waals surface area contributed by atoms with E-state index in [1.54, 1.807) is 6.07 Å². The molecule has 4 aromatic carbocycles. The number of rotatable bonds is 9. The molecule has 1 aromatic heterocycles. The molecule has 5 aromatic rings. The third-order valence-electron chi connectivity index (χ3n) is 5.41. The molecule has 1 heterocycles. The van der Waals surface area contributed by atoms with Gasteiger partial charge in [-0.3, -0.25) is 4.79 Å². The Morgan fingerprint density at radius 1 is 0.657 bits per heavy atom. The number of hydrogen-bond donors (Lipinski definition) is 1. The molecule has 0 fully saturated rings. The second-order valence-corrected chi connectivity index (χ2v) is 7.90. The molecule has 6 nitrogen and oxygen atoms in total. The van der Waals surface area contributed by atoms with Crippen LogP contribution in [0.4, 0.5) is 0 Å². The van der Waals surface area contributed by atoms with Gasteiger partial charge in [-0.2, -0.15) is 0 Å². The van der Waals surface area contributed by atoms with E-state index >= 15 is 0 Å². The Bertz CT molecular complexity index is 1460. The molecule has 174 valence electrons. The number of nitrogens with one attached hydrogen (secondary N) is 1. The number of hydrogen-bond acceptors (Lipinski definition) is 5. The predicted molar refractivity (Wildman–Crippen MR) is 136 cm³/mol. The highest BCUT2D eigenvalue weighted by Gasteiger charge is 2.07. The Hall–Kier alpha value is -4.58. The molecule has 0 aliphatic rings. The molecule has 0 saturated heterocycles. The van der Waals surface area contributed by atoms with Gasteiger partial charge in [-0.1, -0.05) is 54.6 Å². The van der Waals surface area contributed by atoms with Gasteiger partial charge in [0.2, 0.25) is 0 Å². The van der Waals surface area contributed by atoms with Gasteiger partial charge in [0.15, 0.2) is 0 Å². The summed E-state index contributed by atoms with van der Waals surface area (Å²) in [6.45, 7) is 1.29. The van der Waals surface area contributed by atoms with Crippen LogP contribution in [0.15, 0.2) is 108 Å². The summed E-state index contributed by atoms with van der Waals surface area (Å²) in [5, 5.41) is 0.566. The number of para-hydroxylation sites is 1. The number of H-pyrrole nitrogens is 1. The Labute approximate surface area is 202 Å². The molecular formula is C29H24N2O4. The quantitative estimate of drug-likeness (QED) is 0.286. The fourth-order valence-electron chi connectivity index (χ4n) is 3.65. The molecule has 1 N–H and O–H groups in total. The summed E-state index contributed by atoms with van der Waals surface area (Å²) >= 11 is 0. The van der Waals surface area contributed by atoms with Gasteiger partial charge >= 0.3 is 0 Å². The normalized spacial score (nSPS) is 10.7. The van der Waals surface area contributed by atoms with E-state index in [0.717, 1.165) is 22.6 Å². The number of nitrogens with zero attached hydrogens (tertiary/aromatic N) is 1. The van der Waals surface area contributed by atoms with E-state index in [2.05, 4.69) is 9.97 Å². The van der Waals surface area contributed by atoms with E-state index in [0.29, 0.717) is 42.3 Å². The number of ether oxygens (including phenoxy) is 3. The van der Waals surface area contributed by atoms with Crippen molar-refractivity contribution >= 4 is 10.9 Å². The van der Waals surface area contributed by atoms with Gasteiger partial charge in [-0.05, 0) is 54.1 Å². The molecule has 6 heteroatoms. The monoisotopic (exact) mass is 464 g/mol. The summed E-state index contributed by atoms with van der Waals surface area (Å²) in [5.74, 6) is 2.71. The van der Waals surface area contributed by atoms with Crippen LogP contribution in [0, 0.1) is 0 Å². The van der Waals surface area contributed by atoms with E-state index in [-0.39, 0.29) is 5.56 Å². The molecule has 0 bridgehead atoms. The molecule has 0 atom stereocenters. The minimum atomic E-state index is -0.165. The summed E-state index contributed by atoms with van der Waals surface area (Å²) in [7, 11) is 0. The van der Waals surface area contributed by atoms with Crippen molar-refractivity contribution in [3.05, 3.63) is 119 Å². The molecule has 35 heavy (non-hydrogen) atoms. The summed E-state index contributed by atoms with van der Waals surface area (Å²) in [5.41, 5.74) is 2.39. The maximum absolute atomic E-state index is 12.4. The van der Waals surface area contributed by atoms with Crippen LogP contribution in [0.1, 0.15) is 5.56 Å². The van der Waals surface area contributed by atoms with Gasteiger partial charge in [0.05, 0.1) is 10.9 Å². The Balaban J connectivity index is 1.13. The highest BCUT2D eigenvalue weighted by atomic mass is 16.5. The third kappa shape index (κ3) is 5.68. The smallest absolute Gasteiger partial charge is 0.259 e. The first kappa shape index (κ1) is 22.2. The second-order valence-electron chi connectivity index (χ2n) is 7.90. The minimum Gasteiger partial charge on any atom is -0.490 e. The Kier molecular flexibility index (Phi) is 6.71. The van der Waals surface area contributed by atoms with E-state index in [1.165, 1.54) is 0 Å². The maximum atomic E-state index is 12.4. The minimum absolute atomic E-state index is 0.165. The Morgan fingerprint density at radius 2 is 1.34 bits per heavy atom. The van der Waals surface area contributed by atoms with Gasteiger partial charge in [-0.25, -0.2) is 4.98 Å². The van der Waals surface area contributed by atoms with Crippen molar-refractivity contribution in [2.24, 2.45) is 0 Å². The average molecular weight is 465 g/mol. The van der Waals surface area contributed by atoms with Crippen LogP contribution >= 0.6 is 0 Å². The first-order valence-electron chi connectivity index (χ1n) is 11.4. The van der Waals surface area contributed by atoms with Crippen LogP contribution in [0.2, 0.25) is 0 Å². The van der Waals surface area contributed by atoms with Crippen molar-refractivity contribution in [1.82, 2.24) is 9.97 Å². The lowest BCUT2D eigenvalue weighted by Crippen LogP contribution is -2.10. The second kappa shape index (κ2) is 10.6. The van der Waals surface area contributed by atoms with Crippen molar-refractivity contribution < 1.29 is 14.2 Å². The van der Waals surface area contributed by atoms with Crippen molar-refractivity contribution in [2.75, 3.05) is 13.2 Å². The first-order chi connectivity index (χ1) is 17.2. The predicted octanol–water partition coefficient (Wildman–Crippen LogP) is 5.63. The third-order valence-corrected chi connectivity index (χ3v) is 5.41. The van der Waals surface area contributed by atoms with E-state index in [1.807, 2.05) is 97.1 Å². The van der Waals surface area contributed by atoms with E-state index < -0.39 is 0 Å². The summed E-state index contributed by atoms with van der Waals surface area (Å²) in [6, 6.07) is 32.3. The topological polar surface area (TPSA) is 73.4 Å². The highest BCUT2D eigenvalue weighted by Crippen LogP contribution is 2.22. The molecule has 0 unspecified atom stereocenters. The lowest BCUT2D eigenvalue weighted by atomic mass is 10.2. The number of benzene rings is 4. The van der Waals surface area contributed by atoms with Crippen molar-refractivity contribution in [3.8, 4) is 28.6 Å². The molecule has 0 aliphatic heterocycles. The van der Waals surface area contributed by atoms with Crippen LogP contribution < -0.4 is 19.8 Å². The zero-order valence-corrected chi connectivity index (χ0v) is 19.0. The van der Waals surface area contributed by atoms with Gasteiger partial charge in [0.1, 0.15) is 42.9 Å². The van der Waals surface area contributed by atoms with E-state index in [9.17, 15) is 4.79 Å². The zero-order chi connectivity index (χ0) is 23.9. The number of aromatic amines is 1. The Morgan fingerprint density at radius 3 is 2.14 bits per heavy atom. The fourth-order valence-corrected chi connectivity index (χ4v) is 3.65. The van der Waals surface area contributed by atoms with Crippen LogP contribution in [0.3, 0.4) is 0 Å². The lowest BCUT2D eigenvalue weighted by molar-refractivity contribution is 0.217. The zero-order valence-electron chi connectivity index (χ0n) is 19.0. The SMILES string of the molecule is O=c1[nH]c(-c2cccc(OCCOc3ccc(OCc4ccccc4)cc3)c2)nc2ccccc12. The maximum Gasteiger partial charge on any atom is 0.259 e. The standard InChI is InChI=1S/C29H24N2O4/c32-29-26-11-4-5-12-27(26)30-28(31-29)22-9-6-10-25(19-22)34-18-17-33-23-13-15-24(16-14-23)35-20-21-7-2-1-3-8-21/h1-16,19H,17-18,20H2,(H,30,31,32). The first-order valence-corrected chi connectivity index (χ1v) is 11.4. The van der Waals surface area contributed by atoms with Gasteiger partial charge in [-0.15, -0.1) is 0 Å². The molecule has 0 radical (unpaired) electrons. The highest BCUT2D eigenvalue weighted by molar-refractivity contribution is 5.79. The molecular weight excluding hydrogens is 440 g/mol. The molecule has 0 saturated carbocycles. The summed E-state index contributed by atoms with van der Waals surface area (Å²) < 4.78 is 17.4. The number of fused-ring (bicyclic) bond motifs is 1. The lowest BCUT2D eigenvalue weighted by Gasteiger charge is -2.11. The summed E-state index contributed by atoms with van der Waals surface area (Å²) in [4.78, 5) is 19.8. The molecule has 0 amide bonds. The molecule has 0 spiro atoms. The van der Waals surface area contributed by atoms with Crippen LogP contribution in [-0.2, 0) is 6.61 Å². The van der Waals surface area contributed by atoms with Crippen molar-refractivity contribution in [1.29, 1.82) is 0 Å². The largest absolute Gasteiger partial charge is 0.490 e. The van der Waals surface area contributed by atoms with Crippen molar-refractivity contribution in [2.45, 2.75) is 6.61 Å². The molecule has 5 rings (SSSR count). The van der Waals surface area contributed by atoms with Crippen LogP contribution in [0.25, 0.3) is 22.3 Å². The fraction of sp³-hybridized carbons (Fsp3) is 0.103. The average Bonchev–Trinajstić information content (AvgIpc) is 2.91. The van der Waals surface area contributed by atoms with Crippen LogP contribution in [0.5, 0.6) is 17.2 Å². The van der Waals surface area contributed by atoms with Gasteiger partial charge < -0.3 is 19.2 Å². The summed E-state index contributed by atoms with van der Waals surface area (Å²) in [6.07, 6.45) is 0. The number of aromatic nitrogens is 2. The molecule has 0 aliphatic carbocycles. The van der Waals surface area contributed by atoms with Gasteiger partial charge in [0.25, 0.3) is 5.56 Å². The van der Waals surface area contributed by atoms with Crippen LogP contribution in [-0.4, -0.2) is 23.2 Å².